The summed E-state index contributed by atoms with van der Waals surface area (Å²) in [6, 6.07) is 8.62. The summed E-state index contributed by atoms with van der Waals surface area (Å²) in [6.07, 6.45) is 4.48. The van der Waals surface area contributed by atoms with Gasteiger partial charge in [0.1, 0.15) is 5.76 Å². The van der Waals surface area contributed by atoms with Gasteiger partial charge in [-0.1, -0.05) is 32.4 Å². The van der Waals surface area contributed by atoms with Gasteiger partial charge in [-0.15, -0.1) is 0 Å². The largest absolute Gasteiger partial charge is 0.431 e. The summed E-state index contributed by atoms with van der Waals surface area (Å²) in [5.74, 6) is 1.06. The predicted octanol–water partition coefficient (Wildman–Crippen LogP) is 5.48. The molecular formula is C18H20FNO. The molecule has 2 heterocycles. The van der Waals surface area contributed by atoms with Crippen LogP contribution in [0.3, 0.4) is 0 Å². The number of rotatable bonds is 4. The molecule has 0 fully saturated rings. The molecule has 110 valence electrons. The Morgan fingerprint density at radius 3 is 2.71 bits per heavy atom. The monoisotopic (exact) mass is 285 g/mol. The van der Waals surface area contributed by atoms with E-state index in [1.807, 2.05) is 12.1 Å². The molecule has 0 N–H and O–H groups in total. The normalized spacial score (nSPS) is 13.0. The quantitative estimate of drug-likeness (QED) is 0.620. The predicted molar refractivity (Wildman–Crippen MR) is 83.9 cm³/mol. The maximum atomic E-state index is 13.2. The van der Waals surface area contributed by atoms with Gasteiger partial charge in [0.15, 0.2) is 0 Å². The third-order valence-corrected chi connectivity index (χ3v) is 4.14. The molecule has 1 aromatic carbocycles. The number of fused-ring (bicyclic) bond motifs is 1. The van der Waals surface area contributed by atoms with Crippen LogP contribution in [-0.2, 0) is 7.05 Å². The second-order valence-electron chi connectivity index (χ2n) is 5.69. The van der Waals surface area contributed by atoms with Crippen molar-refractivity contribution in [3.05, 3.63) is 48.1 Å². The van der Waals surface area contributed by atoms with E-state index >= 15 is 0 Å². The molecule has 0 radical (unpaired) electrons. The van der Waals surface area contributed by atoms with Crippen molar-refractivity contribution >= 4 is 10.9 Å². The van der Waals surface area contributed by atoms with Gasteiger partial charge in [-0.2, -0.15) is 4.39 Å². The molecule has 0 saturated carbocycles. The number of aryl methyl sites for hydroxylation is 1. The van der Waals surface area contributed by atoms with E-state index in [1.165, 1.54) is 17.0 Å². The third kappa shape index (κ3) is 2.37. The van der Waals surface area contributed by atoms with Crippen molar-refractivity contribution in [2.45, 2.75) is 32.6 Å². The molecule has 2 aromatic heterocycles. The van der Waals surface area contributed by atoms with Gasteiger partial charge in [-0.3, -0.25) is 0 Å². The van der Waals surface area contributed by atoms with Gasteiger partial charge in [0.05, 0.1) is 0 Å². The minimum absolute atomic E-state index is 0.472. The summed E-state index contributed by atoms with van der Waals surface area (Å²) in [6.45, 7) is 4.45. The van der Waals surface area contributed by atoms with Crippen LogP contribution in [0, 0.1) is 6.01 Å². The van der Waals surface area contributed by atoms with Crippen molar-refractivity contribution < 1.29 is 8.81 Å². The van der Waals surface area contributed by atoms with Gasteiger partial charge in [-0.05, 0) is 30.0 Å². The zero-order valence-corrected chi connectivity index (χ0v) is 12.7. The van der Waals surface area contributed by atoms with Crippen LogP contribution in [-0.4, -0.2) is 4.57 Å². The van der Waals surface area contributed by atoms with Crippen LogP contribution in [0.15, 0.2) is 40.9 Å². The second-order valence-corrected chi connectivity index (χ2v) is 5.69. The van der Waals surface area contributed by atoms with Crippen molar-refractivity contribution in [3.8, 4) is 11.3 Å². The molecule has 3 aromatic rings. The average Bonchev–Trinajstić information content (AvgIpc) is 3.04. The van der Waals surface area contributed by atoms with Crippen LogP contribution in [0.25, 0.3) is 22.2 Å². The van der Waals surface area contributed by atoms with Crippen LogP contribution in [0.1, 0.15) is 38.2 Å². The Hall–Kier alpha value is -2.03. The van der Waals surface area contributed by atoms with E-state index in [1.54, 1.807) is 6.07 Å². The lowest BCUT2D eigenvalue weighted by Gasteiger charge is -2.10. The van der Waals surface area contributed by atoms with Crippen LogP contribution in [0.2, 0.25) is 0 Å². The number of benzene rings is 1. The smallest absolute Gasteiger partial charge is 0.278 e. The average molecular weight is 285 g/mol. The van der Waals surface area contributed by atoms with Gasteiger partial charge in [0, 0.05) is 35.8 Å². The topological polar surface area (TPSA) is 18.1 Å². The minimum Gasteiger partial charge on any atom is -0.431 e. The van der Waals surface area contributed by atoms with Gasteiger partial charge in [0.25, 0.3) is 6.01 Å². The maximum absolute atomic E-state index is 13.2. The lowest BCUT2D eigenvalue weighted by molar-refractivity contribution is 0.367. The first-order valence-electron chi connectivity index (χ1n) is 7.45. The summed E-state index contributed by atoms with van der Waals surface area (Å²) in [7, 11) is 2.05. The Labute approximate surface area is 124 Å². The van der Waals surface area contributed by atoms with E-state index in [9.17, 15) is 4.39 Å². The first-order chi connectivity index (χ1) is 10.1. The van der Waals surface area contributed by atoms with Crippen molar-refractivity contribution in [2.24, 2.45) is 7.05 Å². The standard InChI is InChI=1S/C18H20FNO/c1-4-6-12(2)14-11-20(3)15-8-5-7-13(18(14)15)16-9-10-17(19)21-16/h5,7-12H,4,6H2,1-3H3. The fraction of sp³-hybridized carbons (Fsp3) is 0.333. The van der Waals surface area contributed by atoms with Crippen LogP contribution in [0.4, 0.5) is 4.39 Å². The Morgan fingerprint density at radius 1 is 1.24 bits per heavy atom. The van der Waals surface area contributed by atoms with E-state index in [2.05, 4.69) is 37.7 Å². The van der Waals surface area contributed by atoms with E-state index < -0.39 is 6.01 Å². The summed E-state index contributed by atoms with van der Waals surface area (Å²) >= 11 is 0. The first-order valence-corrected chi connectivity index (χ1v) is 7.45. The molecule has 0 spiro atoms. The van der Waals surface area contributed by atoms with E-state index in [-0.39, 0.29) is 0 Å². The molecule has 0 amide bonds. The zero-order valence-electron chi connectivity index (χ0n) is 12.7. The fourth-order valence-electron chi connectivity index (χ4n) is 3.11. The number of hydrogen-bond acceptors (Lipinski definition) is 1. The molecule has 1 atom stereocenters. The van der Waals surface area contributed by atoms with Gasteiger partial charge in [0.2, 0.25) is 0 Å². The maximum Gasteiger partial charge on any atom is 0.278 e. The molecule has 2 nitrogen and oxygen atoms in total. The highest BCUT2D eigenvalue weighted by molar-refractivity contribution is 5.97. The Morgan fingerprint density at radius 2 is 2.05 bits per heavy atom. The van der Waals surface area contributed by atoms with Gasteiger partial charge < -0.3 is 8.98 Å². The summed E-state index contributed by atoms with van der Waals surface area (Å²) in [5.41, 5.74) is 3.43. The number of halogens is 1. The minimum atomic E-state index is -0.541. The third-order valence-electron chi connectivity index (χ3n) is 4.14. The van der Waals surface area contributed by atoms with Crippen molar-refractivity contribution in [3.63, 3.8) is 0 Å². The molecule has 3 heteroatoms. The number of nitrogens with zero attached hydrogens (tertiary/aromatic N) is 1. The lowest BCUT2D eigenvalue weighted by Crippen LogP contribution is -1.92. The SMILES string of the molecule is CCCC(C)c1cn(C)c2cccc(-c3ccc(F)o3)c12. The Kier molecular flexibility index (Phi) is 3.58. The fourth-order valence-corrected chi connectivity index (χ4v) is 3.11. The van der Waals surface area contributed by atoms with Crippen molar-refractivity contribution in [2.75, 3.05) is 0 Å². The first kappa shape index (κ1) is 13.9. The lowest BCUT2D eigenvalue weighted by atomic mass is 9.93. The highest BCUT2D eigenvalue weighted by Gasteiger charge is 2.18. The molecule has 0 aliphatic carbocycles. The molecular weight excluding hydrogens is 265 g/mol. The van der Waals surface area contributed by atoms with Crippen molar-refractivity contribution in [1.82, 2.24) is 4.57 Å². The Balaban J connectivity index is 2.25. The summed E-state index contributed by atoms with van der Waals surface area (Å²) < 4.78 is 20.6. The number of aromatic nitrogens is 1. The van der Waals surface area contributed by atoms with Gasteiger partial charge in [-0.25, -0.2) is 0 Å². The number of hydrogen-bond donors (Lipinski definition) is 0. The summed E-state index contributed by atoms with van der Waals surface area (Å²) in [4.78, 5) is 0. The number of furan rings is 1. The molecule has 1 unspecified atom stereocenters. The molecule has 0 aliphatic heterocycles. The van der Waals surface area contributed by atoms with Crippen LogP contribution >= 0.6 is 0 Å². The van der Waals surface area contributed by atoms with E-state index in [0.29, 0.717) is 11.7 Å². The van der Waals surface area contributed by atoms with E-state index in [0.717, 1.165) is 23.9 Å². The molecule has 0 bridgehead atoms. The summed E-state index contributed by atoms with van der Waals surface area (Å²) in [5, 5.41) is 1.18. The van der Waals surface area contributed by atoms with Crippen LogP contribution in [0.5, 0.6) is 0 Å². The zero-order chi connectivity index (χ0) is 15.0. The molecule has 0 aliphatic rings. The highest BCUT2D eigenvalue weighted by atomic mass is 19.1. The Bertz CT molecular complexity index is 769. The molecule has 21 heavy (non-hydrogen) atoms. The molecule has 3 rings (SSSR count). The second kappa shape index (κ2) is 5.40. The highest BCUT2D eigenvalue weighted by Crippen LogP contribution is 2.37. The van der Waals surface area contributed by atoms with Gasteiger partial charge >= 0.3 is 0 Å². The van der Waals surface area contributed by atoms with E-state index in [4.69, 9.17) is 4.42 Å². The molecule has 0 saturated heterocycles. The van der Waals surface area contributed by atoms with Crippen LogP contribution < -0.4 is 0 Å². The van der Waals surface area contributed by atoms with Crippen molar-refractivity contribution in [1.29, 1.82) is 0 Å².